The van der Waals surface area contributed by atoms with E-state index in [1.54, 1.807) is 30.3 Å². The molecular weight excluding hydrogens is 466 g/mol. The molecule has 7 nitrogen and oxygen atoms in total. The summed E-state index contributed by atoms with van der Waals surface area (Å²) in [6.45, 7) is 0.585. The summed E-state index contributed by atoms with van der Waals surface area (Å²) in [7, 11) is 1.79. The first-order valence-corrected chi connectivity index (χ1v) is 11.5. The summed E-state index contributed by atoms with van der Waals surface area (Å²) in [6.07, 6.45) is 7.16. The molecule has 0 aliphatic heterocycles. The molecule has 9 heteroatoms. The number of hydrogen-bond donors (Lipinski definition) is 2. The van der Waals surface area contributed by atoms with E-state index in [1.165, 1.54) is 22.6 Å². The first-order valence-electron chi connectivity index (χ1n) is 9.90. The molecule has 1 aliphatic carbocycles. The standard InChI is InChI=1S/C21H24BrN5O2S/c1-27(13-20(29)25-18-8-7-14(22)12-24-18)10-9-19(28)26-21-16(11-23)15-5-3-2-4-6-17(15)30-21/h7-8,12H,2-6,9-10,13H2,1H3,(H,26,28)(H,24,25,29). The second kappa shape index (κ2) is 10.7. The number of amides is 2. The number of aromatic nitrogens is 1. The first kappa shape index (κ1) is 22.4. The molecule has 0 saturated heterocycles. The van der Waals surface area contributed by atoms with Gasteiger partial charge < -0.3 is 10.6 Å². The number of anilines is 2. The number of fused-ring (bicyclic) bond motifs is 1. The van der Waals surface area contributed by atoms with E-state index in [1.807, 2.05) is 0 Å². The molecule has 0 spiro atoms. The van der Waals surface area contributed by atoms with Crippen molar-refractivity contribution in [1.29, 1.82) is 5.26 Å². The minimum absolute atomic E-state index is 0.148. The van der Waals surface area contributed by atoms with Gasteiger partial charge >= 0.3 is 0 Å². The van der Waals surface area contributed by atoms with E-state index < -0.39 is 0 Å². The van der Waals surface area contributed by atoms with E-state index in [0.717, 1.165) is 35.7 Å². The summed E-state index contributed by atoms with van der Waals surface area (Å²) < 4.78 is 0.838. The van der Waals surface area contributed by atoms with E-state index in [9.17, 15) is 14.9 Å². The monoisotopic (exact) mass is 489 g/mol. The molecule has 2 aromatic heterocycles. The lowest BCUT2D eigenvalue weighted by Gasteiger charge is -2.15. The SMILES string of the molecule is CN(CCC(=O)Nc1sc2c(c1C#N)CCCCC2)CC(=O)Nc1ccc(Br)cn1. The quantitative estimate of drug-likeness (QED) is 0.573. The predicted octanol–water partition coefficient (Wildman–Crippen LogP) is 3.95. The summed E-state index contributed by atoms with van der Waals surface area (Å²) in [5, 5.41) is 15.9. The van der Waals surface area contributed by atoms with Crippen LogP contribution in [0.3, 0.4) is 0 Å². The fourth-order valence-corrected chi connectivity index (χ4v) is 4.88. The Balaban J connectivity index is 1.48. The number of likely N-dealkylation sites (N-methyl/N-ethyl adjacent to an activating group) is 1. The van der Waals surface area contributed by atoms with E-state index in [-0.39, 0.29) is 24.8 Å². The Morgan fingerprint density at radius 1 is 1.23 bits per heavy atom. The van der Waals surface area contributed by atoms with E-state index in [2.05, 4.69) is 37.6 Å². The van der Waals surface area contributed by atoms with Gasteiger partial charge in [0.15, 0.2) is 0 Å². The number of thiophene rings is 1. The van der Waals surface area contributed by atoms with Crippen molar-refractivity contribution in [2.24, 2.45) is 0 Å². The molecule has 158 valence electrons. The van der Waals surface area contributed by atoms with Gasteiger partial charge in [0.1, 0.15) is 16.9 Å². The Morgan fingerprint density at radius 3 is 2.77 bits per heavy atom. The lowest BCUT2D eigenvalue weighted by Crippen LogP contribution is -2.32. The number of hydrogen-bond acceptors (Lipinski definition) is 6. The van der Waals surface area contributed by atoms with Crippen LogP contribution in [0.5, 0.6) is 0 Å². The van der Waals surface area contributed by atoms with Crippen LogP contribution in [0.2, 0.25) is 0 Å². The average Bonchev–Trinajstić information content (AvgIpc) is 2.87. The number of nitrogens with one attached hydrogen (secondary N) is 2. The number of aryl methyl sites for hydroxylation is 1. The highest BCUT2D eigenvalue weighted by Crippen LogP contribution is 2.37. The highest BCUT2D eigenvalue weighted by molar-refractivity contribution is 9.10. The molecule has 1 aliphatic rings. The molecule has 2 heterocycles. The van der Waals surface area contributed by atoms with Gasteiger partial charge in [-0.2, -0.15) is 5.26 Å². The molecule has 0 atom stereocenters. The summed E-state index contributed by atoms with van der Waals surface area (Å²) in [5.74, 6) is 0.141. The van der Waals surface area contributed by atoms with Crippen LogP contribution in [-0.2, 0) is 22.4 Å². The Hall–Kier alpha value is -2.28. The fraction of sp³-hybridized carbons (Fsp3) is 0.429. The minimum Gasteiger partial charge on any atom is -0.317 e. The lowest BCUT2D eigenvalue weighted by atomic mass is 10.1. The summed E-state index contributed by atoms with van der Waals surface area (Å²) in [4.78, 5) is 31.7. The molecule has 0 bridgehead atoms. The molecule has 0 unspecified atom stereocenters. The van der Waals surface area contributed by atoms with Crippen molar-refractivity contribution in [2.45, 2.75) is 38.5 Å². The summed E-state index contributed by atoms with van der Waals surface area (Å²) in [6, 6.07) is 5.79. The molecule has 0 saturated carbocycles. The second-order valence-corrected chi connectivity index (χ2v) is 9.35. The second-order valence-electron chi connectivity index (χ2n) is 7.33. The van der Waals surface area contributed by atoms with Crippen LogP contribution in [0.15, 0.2) is 22.8 Å². The molecule has 3 rings (SSSR count). The molecular formula is C21H24BrN5O2S. The van der Waals surface area contributed by atoms with Crippen molar-refractivity contribution in [2.75, 3.05) is 30.8 Å². The number of nitrogens with zero attached hydrogens (tertiary/aromatic N) is 3. The highest BCUT2D eigenvalue weighted by Gasteiger charge is 2.21. The maximum absolute atomic E-state index is 12.4. The van der Waals surface area contributed by atoms with Gasteiger partial charge in [0, 0.05) is 28.5 Å². The fourth-order valence-electron chi connectivity index (χ4n) is 3.39. The van der Waals surface area contributed by atoms with Crippen molar-refractivity contribution in [3.8, 4) is 6.07 Å². The predicted molar refractivity (Wildman–Crippen MR) is 122 cm³/mol. The maximum atomic E-state index is 12.4. The van der Waals surface area contributed by atoms with Gasteiger partial charge in [0.05, 0.1) is 12.1 Å². The largest absolute Gasteiger partial charge is 0.317 e. The van der Waals surface area contributed by atoms with Crippen LogP contribution in [-0.4, -0.2) is 41.8 Å². The number of carbonyl (C=O) groups is 2. The molecule has 0 fully saturated rings. The van der Waals surface area contributed by atoms with Crippen molar-refractivity contribution in [3.63, 3.8) is 0 Å². The topological polar surface area (TPSA) is 98.1 Å². The van der Waals surface area contributed by atoms with Crippen LogP contribution in [0, 0.1) is 11.3 Å². The lowest BCUT2D eigenvalue weighted by molar-refractivity contribution is -0.119. The van der Waals surface area contributed by atoms with Gasteiger partial charge in [0.25, 0.3) is 0 Å². The first-order chi connectivity index (χ1) is 14.5. The van der Waals surface area contributed by atoms with Gasteiger partial charge in [-0.15, -0.1) is 11.3 Å². The van der Waals surface area contributed by atoms with E-state index in [0.29, 0.717) is 22.9 Å². The average molecular weight is 490 g/mol. The van der Waals surface area contributed by atoms with Crippen LogP contribution in [0.4, 0.5) is 10.8 Å². The highest BCUT2D eigenvalue weighted by atomic mass is 79.9. The van der Waals surface area contributed by atoms with Crippen molar-refractivity contribution in [3.05, 3.63) is 38.8 Å². The number of halogens is 1. The number of rotatable bonds is 7. The van der Waals surface area contributed by atoms with Crippen LogP contribution < -0.4 is 10.6 Å². The van der Waals surface area contributed by atoms with Crippen molar-refractivity contribution < 1.29 is 9.59 Å². The molecule has 2 N–H and O–H groups in total. The third-order valence-electron chi connectivity index (χ3n) is 4.92. The number of pyridine rings is 1. The van der Waals surface area contributed by atoms with Crippen LogP contribution in [0.1, 0.15) is 41.7 Å². The van der Waals surface area contributed by atoms with Crippen molar-refractivity contribution in [1.82, 2.24) is 9.88 Å². The molecule has 2 amide bonds. The van der Waals surface area contributed by atoms with Gasteiger partial charge in [0.2, 0.25) is 11.8 Å². The van der Waals surface area contributed by atoms with Gasteiger partial charge in [-0.05, 0) is 66.4 Å². The van der Waals surface area contributed by atoms with E-state index >= 15 is 0 Å². The third kappa shape index (κ3) is 6.11. The molecule has 0 aromatic carbocycles. The Labute approximate surface area is 188 Å². The van der Waals surface area contributed by atoms with Crippen LogP contribution >= 0.6 is 27.3 Å². The van der Waals surface area contributed by atoms with Crippen LogP contribution in [0.25, 0.3) is 0 Å². The van der Waals surface area contributed by atoms with Crippen molar-refractivity contribution >= 4 is 49.9 Å². The summed E-state index contributed by atoms with van der Waals surface area (Å²) >= 11 is 4.83. The maximum Gasteiger partial charge on any atom is 0.239 e. The number of nitriles is 1. The molecule has 2 aromatic rings. The van der Waals surface area contributed by atoms with Gasteiger partial charge in [-0.25, -0.2) is 4.98 Å². The normalized spacial score (nSPS) is 13.3. The smallest absolute Gasteiger partial charge is 0.239 e. The Bertz CT molecular complexity index is 952. The Kier molecular flexibility index (Phi) is 7.96. The summed E-state index contributed by atoms with van der Waals surface area (Å²) in [5.41, 5.74) is 1.74. The number of carbonyl (C=O) groups excluding carboxylic acids is 2. The minimum atomic E-state index is -0.193. The zero-order chi connectivity index (χ0) is 21.5. The van der Waals surface area contributed by atoms with Gasteiger partial charge in [-0.3, -0.25) is 14.5 Å². The zero-order valence-electron chi connectivity index (χ0n) is 16.8. The van der Waals surface area contributed by atoms with Gasteiger partial charge in [-0.1, -0.05) is 6.42 Å². The molecule has 0 radical (unpaired) electrons. The van der Waals surface area contributed by atoms with E-state index in [4.69, 9.17) is 0 Å². The third-order valence-corrected chi connectivity index (χ3v) is 6.59. The molecule has 30 heavy (non-hydrogen) atoms. The Morgan fingerprint density at radius 2 is 2.03 bits per heavy atom. The zero-order valence-corrected chi connectivity index (χ0v) is 19.2.